The number of hydrogen-bond donors (Lipinski definition) is 1. The highest BCUT2D eigenvalue weighted by Crippen LogP contribution is 2.28. The van der Waals surface area contributed by atoms with Crippen LogP contribution in [0.5, 0.6) is 0 Å². The van der Waals surface area contributed by atoms with E-state index < -0.39 is 17.9 Å². The molecule has 1 atom stereocenters. The van der Waals surface area contributed by atoms with E-state index in [-0.39, 0.29) is 11.6 Å². The second-order valence-electron chi connectivity index (χ2n) is 3.37. The number of hydrogen-bond acceptors (Lipinski definition) is 2. The van der Waals surface area contributed by atoms with Crippen LogP contribution in [0.3, 0.4) is 0 Å². The molecule has 1 aromatic heterocycles. The Balaban J connectivity index is 2.94. The number of halogens is 3. The smallest absolute Gasteiger partial charge is 0.348 e. The summed E-state index contributed by atoms with van der Waals surface area (Å²) in [5.74, 6) is -0.313. The number of amides is 1. The quantitative estimate of drug-likeness (QED) is 0.850. The van der Waals surface area contributed by atoms with Crippen molar-refractivity contribution in [1.29, 1.82) is 0 Å². The fourth-order valence-corrected chi connectivity index (χ4v) is 1.23. The first-order valence-electron chi connectivity index (χ1n) is 4.62. The maximum absolute atomic E-state index is 12.3. The van der Waals surface area contributed by atoms with E-state index >= 15 is 0 Å². The highest BCUT2D eigenvalue weighted by Gasteiger charge is 2.32. The summed E-state index contributed by atoms with van der Waals surface area (Å²) in [6, 6.07) is 3.06. The normalized spacial score (nSPS) is 13.3. The third-order valence-corrected chi connectivity index (χ3v) is 1.92. The zero-order chi connectivity index (χ0) is 12.3. The van der Waals surface area contributed by atoms with Crippen LogP contribution < -0.4 is 5.32 Å². The summed E-state index contributed by atoms with van der Waals surface area (Å²) >= 11 is 0. The lowest BCUT2D eigenvalue weighted by Gasteiger charge is -2.13. The standard InChI is InChI=1S/C10H11F3N2O/c1-6(14-7(2)16)8-4-3-5-9(15-8)10(11,12)13/h3-6H,1-2H3,(H,14,16)/t6-/m1/s1. The molecule has 0 saturated heterocycles. The average Bonchev–Trinajstić information content (AvgIpc) is 2.15. The molecular formula is C10H11F3N2O. The molecule has 0 aliphatic carbocycles. The molecule has 3 nitrogen and oxygen atoms in total. The number of alkyl halides is 3. The van der Waals surface area contributed by atoms with Crippen molar-refractivity contribution in [3.8, 4) is 0 Å². The lowest BCUT2D eigenvalue weighted by molar-refractivity contribution is -0.141. The minimum Gasteiger partial charge on any atom is -0.348 e. The molecule has 0 spiro atoms. The second kappa shape index (κ2) is 4.51. The summed E-state index contributed by atoms with van der Waals surface area (Å²) in [6.07, 6.45) is -4.47. The highest BCUT2D eigenvalue weighted by molar-refractivity contribution is 5.73. The van der Waals surface area contributed by atoms with Gasteiger partial charge in [-0.05, 0) is 19.1 Å². The summed E-state index contributed by atoms with van der Waals surface area (Å²) in [5, 5.41) is 2.47. The Bertz CT molecular complexity index is 390. The molecule has 0 unspecified atom stereocenters. The van der Waals surface area contributed by atoms with Gasteiger partial charge in [0.15, 0.2) is 0 Å². The molecule has 0 bridgehead atoms. The van der Waals surface area contributed by atoms with Crippen LogP contribution in [0, 0.1) is 0 Å². The van der Waals surface area contributed by atoms with Crippen LogP contribution in [0.2, 0.25) is 0 Å². The van der Waals surface area contributed by atoms with E-state index in [2.05, 4.69) is 10.3 Å². The third-order valence-electron chi connectivity index (χ3n) is 1.92. The zero-order valence-corrected chi connectivity index (χ0v) is 8.80. The average molecular weight is 232 g/mol. The summed E-state index contributed by atoms with van der Waals surface area (Å²) < 4.78 is 37.0. The number of rotatable bonds is 2. The largest absolute Gasteiger partial charge is 0.433 e. The Hall–Kier alpha value is -1.59. The molecule has 1 heterocycles. The summed E-state index contributed by atoms with van der Waals surface area (Å²) in [6.45, 7) is 2.87. The topological polar surface area (TPSA) is 42.0 Å². The van der Waals surface area contributed by atoms with Crippen molar-refractivity contribution in [2.24, 2.45) is 0 Å². The monoisotopic (exact) mass is 232 g/mol. The Kier molecular flexibility index (Phi) is 3.51. The van der Waals surface area contributed by atoms with Crippen molar-refractivity contribution in [2.75, 3.05) is 0 Å². The summed E-state index contributed by atoms with van der Waals surface area (Å²) in [4.78, 5) is 14.2. The van der Waals surface area contributed by atoms with E-state index in [1.54, 1.807) is 6.92 Å². The van der Waals surface area contributed by atoms with E-state index in [4.69, 9.17) is 0 Å². The van der Waals surface area contributed by atoms with E-state index in [9.17, 15) is 18.0 Å². The summed E-state index contributed by atoms with van der Waals surface area (Å²) in [5.41, 5.74) is -0.771. The van der Waals surface area contributed by atoms with E-state index in [1.165, 1.54) is 19.1 Å². The van der Waals surface area contributed by atoms with Crippen LogP contribution in [0.4, 0.5) is 13.2 Å². The van der Waals surface area contributed by atoms with Crippen LogP contribution in [0.15, 0.2) is 18.2 Å². The van der Waals surface area contributed by atoms with E-state index in [0.29, 0.717) is 0 Å². The van der Waals surface area contributed by atoms with Crippen molar-refractivity contribution in [1.82, 2.24) is 10.3 Å². The Morgan fingerprint density at radius 1 is 1.44 bits per heavy atom. The van der Waals surface area contributed by atoms with Gasteiger partial charge in [0, 0.05) is 6.92 Å². The predicted molar refractivity (Wildman–Crippen MR) is 51.5 cm³/mol. The molecule has 1 N–H and O–H groups in total. The van der Waals surface area contributed by atoms with Gasteiger partial charge in [0.05, 0.1) is 11.7 Å². The molecule has 0 radical (unpaired) electrons. The Morgan fingerprint density at radius 2 is 2.06 bits per heavy atom. The molecule has 0 fully saturated rings. The first-order valence-corrected chi connectivity index (χ1v) is 4.62. The number of carbonyl (C=O) groups excluding carboxylic acids is 1. The second-order valence-corrected chi connectivity index (χ2v) is 3.37. The third kappa shape index (κ3) is 3.22. The molecule has 0 aliphatic heterocycles. The summed E-state index contributed by atoms with van der Waals surface area (Å²) in [7, 11) is 0. The first-order chi connectivity index (χ1) is 7.30. The SMILES string of the molecule is CC(=O)N[C@H](C)c1cccc(C(F)(F)F)n1. The fourth-order valence-electron chi connectivity index (χ4n) is 1.23. The van der Waals surface area contributed by atoms with Crippen molar-refractivity contribution in [3.63, 3.8) is 0 Å². The van der Waals surface area contributed by atoms with E-state index in [1.807, 2.05) is 0 Å². The molecule has 6 heteroatoms. The molecular weight excluding hydrogens is 221 g/mol. The van der Waals surface area contributed by atoms with Crippen LogP contribution in [-0.2, 0) is 11.0 Å². The molecule has 88 valence electrons. The number of aromatic nitrogens is 1. The van der Waals surface area contributed by atoms with Gasteiger partial charge < -0.3 is 5.32 Å². The van der Waals surface area contributed by atoms with Crippen LogP contribution in [0.25, 0.3) is 0 Å². The molecule has 1 rings (SSSR count). The van der Waals surface area contributed by atoms with Gasteiger partial charge in [-0.25, -0.2) is 4.98 Å². The number of carbonyl (C=O) groups is 1. The van der Waals surface area contributed by atoms with Gasteiger partial charge in [-0.15, -0.1) is 0 Å². The van der Waals surface area contributed by atoms with Crippen LogP contribution in [0.1, 0.15) is 31.3 Å². The molecule has 0 aliphatic rings. The Morgan fingerprint density at radius 3 is 2.56 bits per heavy atom. The fraction of sp³-hybridized carbons (Fsp3) is 0.400. The van der Waals surface area contributed by atoms with Gasteiger partial charge in [0.2, 0.25) is 5.91 Å². The van der Waals surface area contributed by atoms with Crippen LogP contribution >= 0.6 is 0 Å². The van der Waals surface area contributed by atoms with Crippen molar-refractivity contribution in [2.45, 2.75) is 26.1 Å². The molecule has 1 amide bonds. The van der Waals surface area contributed by atoms with Gasteiger partial charge in [-0.3, -0.25) is 4.79 Å². The maximum atomic E-state index is 12.3. The van der Waals surface area contributed by atoms with Gasteiger partial charge in [0.1, 0.15) is 5.69 Å². The first kappa shape index (κ1) is 12.5. The van der Waals surface area contributed by atoms with Gasteiger partial charge >= 0.3 is 6.18 Å². The maximum Gasteiger partial charge on any atom is 0.433 e. The Labute approximate surface area is 90.7 Å². The minimum atomic E-state index is -4.47. The molecule has 0 saturated carbocycles. The van der Waals surface area contributed by atoms with Gasteiger partial charge in [-0.1, -0.05) is 6.07 Å². The van der Waals surface area contributed by atoms with Gasteiger partial charge in [0.25, 0.3) is 0 Å². The lowest BCUT2D eigenvalue weighted by Crippen LogP contribution is -2.25. The van der Waals surface area contributed by atoms with Crippen molar-refractivity contribution >= 4 is 5.91 Å². The molecule has 16 heavy (non-hydrogen) atoms. The minimum absolute atomic E-state index is 0.185. The lowest BCUT2D eigenvalue weighted by atomic mass is 10.2. The van der Waals surface area contributed by atoms with Crippen LogP contribution in [-0.4, -0.2) is 10.9 Å². The number of nitrogens with one attached hydrogen (secondary N) is 1. The zero-order valence-electron chi connectivity index (χ0n) is 8.80. The van der Waals surface area contributed by atoms with E-state index in [0.717, 1.165) is 6.07 Å². The predicted octanol–water partition coefficient (Wildman–Crippen LogP) is 2.30. The molecule has 0 aromatic carbocycles. The van der Waals surface area contributed by atoms with Crippen molar-refractivity contribution in [3.05, 3.63) is 29.6 Å². The number of nitrogens with zero attached hydrogens (tertiary/aromatic N) is 1. The highest BCUT2D eigenvalue weighted by atomic mass is 19.4. The number of pyridine rings is 1. The van der Waals surface area contributed by atoms with Gasteiger partial charge in [-0.2, -0.15) is 13.2 Å². The van der Waals surface area contributed by atoms with Crippen molar-refractivity contribution < 1.29 is 18.0 Å². The molecule has 1 aromatic rings.